The highest BCUT2D eigenvalue weighted by Crippen LogP contribution is 2.26. The molecule has 3 N–H and O–H groups in total. The highest BCUT2D eigenvalue weighted by Gasteiger charge is 2.16. The van der Waals surface area contributed by atoms with Crippen LogP contribution in [0.2, 0.25) is 0 Å². The Kier molecular flexibility index (Phi) is 6.74. The van der Waals surface area contributed by atoms with Gasteiger partial charge >= 0.3 is 6.03 Å². The third kappa shape index (κ3) is 4.79. The van der Waals surface area contributed by atoms with Crippen LogP contribution in [0.3, 0.4) is 0 Å². The molecule has 5 heteroatoms. The molecular weight excluding hydrogens is 244 g/mol. The molecule has 1 rings (SSSR count). The van der Waals surface area contributed by atoms with Gasteiger partial charge < -0.3 is 20.5 Å². The van der Waals surface area contributed by atoms with E-state index < -0.39 is 0 Å². The minimum absolute atomic E-state index is 0.0697. The van der Waals surface area contributed by atoms with Gasteiger partial charge in [0.1, 0.15) is 5.75 Å². The maximum Gasteiger partial charge on any atom is 0.315 e. The van der Waals surface area contributed by atoms with Crippen LogP contribution < -0.4 is 15.4 Å². The first kappa shape index (κ1) is 15.3. The number of amides is 2. The van der Waals surface area contributed by atoms with Crippen molar-refractivity contribution in [3.05, 3.63) is 29.8 Å². The van der Waals surface area contributed by atoms with Crippen molar-refractivity contribution in [3.63, 3.8) is 0 Å². The number of rotatable bonds is 7. The summed E-state index contributed by atoms with van der Waals surface area (Å²) >= 11 is 0. The number of hydrogen-bond acceptors (Lipinski definition) is 3. The Morgan fingerprint density at radius 3 is 2.74 bits per heavy atom. The van der Waals surface area contributed by atoms with E-state index in [0.717, 1.165) is 17.7 Å². The minimum Gasteiger partial charge on any atom is -0.494 e. The van der Waals surface area contributed by atoms with Crippen LogP contribution in [-0.2, 0) is 0 Å². The lowest BCUT2D eigenvalue weighted by Gasteiger charge is -2.20. The Balaban J connectivity index is 2.76. The van der Waals surface area contributed by atoms with Gasteiger partial charge in [0.15, 0.2) is 0 Å². The van der Waals surface area contributed by atoms with Crippen molar-refractivity contribution in [3.8, 4) is 5.75 Å². The quantitative estimate of drug-likeness (QED) is 0.705. The van der Waals surface area contributed by atoms with E-state index in [0.29, 0.717) is 6.61 Å². The number of carbonyl (C=O) groups excluding carboxylic acids is 1. The van der Waals surface area contributed by atoms with Gasteiger partial charge in [-0.1, -0.05) is 25.1 Å². The van der Waals surface area contributed by atoms with Crippen molar-refractivity contribution in [1.29, 1.82) is 0 Å². The SMILES string of the molecule is CCOc1ccccc1C(CC)NC(=O)NCCO. The molecule has 0 aromatic heterocycles. The molecule has 0 aliphatic carbocycles. The third-order valence-electron chi connectivity index (χ3n) is 2.71. The van der Waals surface area contributed by atoms with Crippen molar-refractivity contribution in [2.75, 3.05) is 19.8 Å². The minimum atomic E-state index is -0.285. The zero-order valence-corrected chi connectivity index (χ0v) is 11.5. The summed E-state index contributed by atoms with van der Waals surface area (Å²) in [5.41, 5.74) is 0.964. The van der Waals surface area contributed by atoms with Gasteiger partial charge in [-0.25, -0.2) is 4.79 Å². The summed E-state index contributed by atoms with van der Waals surface area (Å²) in [5.74, 6) is 0.791. The second-order valence-corrected chi connectivity index (χ2v) is 4.06. The maximum absolute atomic E-state index is 11.6. The number of aliphatic hydroxyl groups is 1. The Bertz CT molecular complexity index is 396. The van der Waals surface area contributed by atoms with E-state index in [4.69, 9.17) is 9.84 Å². The zero-order chi connectivity index (χ0) is 14.1. The first-order chi connectivity index (χ1) is 9.22. The molecule has 0 aliphatic heterocycles. The van der Waals surface area contributed by atoms with E-state index in [2.05, 4.69) is 10.6 Å². The van der Waals surface area contributed by atoms with E-state index in [1.807, 2.05) is 38.1 Å². The van der Waals surface area contributed by atoms with Crippen LogP contribution in [0.15, 0.2) is 24.3 Å². The van der Waals surface area contributed by atoms with Gasteiger partial charge in [-0.2, -0.15) is 0 Å². The first-order valence-electron chi connectivity index (χ1n) is 6.59. The van der Waals surface area contributed by atoms with Crippen LogP contribution in [0.5, 0.6) is 5.75 Å². The van der Waals surface area contributed by atoms with E-state index in [1.54, 1.807) is 0 Å². The lowest BCUT2D eigenvalue weighted by atomic mass is 10.0. The summed E-state index contributed by atoms with van der Waals surface area (Å²) in [5, 5.41) is 14.1. The van der Waals surface area contributed by atoms with Crippen LogP contribution in [0.25, 0.3) is 0 Å². The maximum atomic E-state index is 11.6. The normalized spacial score (nSPS) is 11.7. The Labute approximate surface area is 114 Å². The lowest BCUT2D eigenvalue weighted by molar-refractivity contribution is 0.230. The predicted molar refractivity (Wildman–Crippen MR) is 74.3 cm³/mol. The molecule has 0 heterocycles. The molecule has 1 aromatic carbocycles. The van der Waals surface area contributed by atoms with Gasteiger partial charge in [0.05, 0.1) is 19.3 Å². The van der Waals surface area contributed by atoms with Crippen LogP contribution in [0, 0.1) is 0 Å². The molecule has 1 atom stereocenters. The topological polar surface area (TPSA) is 70.6 Å². The lowest BCUT2D eigenvalue weighted by Crippen LogP contribution is -2.39. The smallest absolute Gasteiger partial charge is 0.315 e. The van der Waals surface area contributed by atoms with Crippen LogP contribution in [0.4, 0.5) is 4.79 Å². The second-order valence-electron chi connectivity index (χ2n) is 4.06. The number of hydrogen-bond donors (Lipinski definition) is 3. The predicted octanol–water partition coefficient (Wildman–Crippen LogP) is 1.83. The van der Waals surface area contributed by atoms with E-state index in [-0.39, 0.29) is 25.2 Å². The highest BCUT2D eigenvalue weighted by molar-refractivity contribution is 5.74. The van der Waals surface area contributed by atoms with Crippen LogP contribution in [0.1, 0.15) is 31.9 Å². The molecule has 2 amide bonds. The number of nitrogens with one attached hydrogen (secondary N) is 2. The molecule has 0 radical (unpaired) electrons. The van der Waals surface area contributed by atoms with Crippen molar-refractivity contribution < 1.29 is 14.6 Å². The molecule has 0 spiro atoms. The van der Waals surface area contributed by atoms with E-state index in [9.17, 15) is 4.79 Å². The van der Waals surface area contributed by atoms with Crippen molar-refractivity contribution in [2.45, 2.75) is 26.3 Å². The summed E-state index contributed by atoms with van der Waals surface area (Å²) in [6, 6.07) is 7.29. The summed E-state index contributed by atoms with van der Waals surface area (Å²) in [6.07, 6.45) is 0.761. The van der Waals surface area contributed by atoms with Gasteiger partial charge in [0.25, 0.3) is 0 Å². The summed E-state index contributed by atoms with van der Waals surface area (Å²) in [7, 11) is 0. The van der Waals surface area contributed by atoms with Gasteiger partial charge in [-0.15, -0.1) is 0 Å². The average molecular weight is 266 g/mol. The highest BCUT2D eigenvalue weighted by atomic mass is 16.5. The monoisotopic (exact) mass is 266 g/mol. The average Bonchev–Trinajstić information content (AvgIpc) is 2.43. The number of urea groups is 1. The van der Waals surface area contributed by atoms with E-state index >= 15 is 0 Å². The first-order valence-corrected chi connectivity index (χ1v) is 6.59. The Hall–Kier alpha value is -1.75. The van der Waals surface area contributed by atoms with Gasteiger partial charge in [0, 0.05) is 12.1 Å². The summed E-state index contributed by atoms with van der Waals surface area (Å²) in [4.78, 5) is 11.6. The van der Waals surface area contributed by atoms with Crippen molar-refractivity contribution in [1.82, 2.24) is 10.6 Å². The molecule has 106 valence electrons. The standard InChI is InChI=1S/C14H22N2O3/c1-3-12(16-14(18)15-9-10-17)11-7-5-6-8-13(11)19-4-2/h5-8,12,17H,3-4,9-10H2,1-2H3,(H2,15,16,18). The fourth-order valence-corrected chi connectivity index (χ4v) is 1.83. The van der Waals surface area contributed by atoms with Gasteiger partial charge in [-0.3, -0.25) is 0 Å². The van der Waals surface area contributed by atoms with Crippen molar-refractivity contribution in [2.24, 2.45) is 0 Å². The van der Waals surface area contributed by atoms with Gasteiger partial charge in [-0.05, 0) is 19.4 Å². The number of aliphatic hydroxyl groups excluding tert-OH is 1. The molecule has 19 heavy (non-hydrogen) atoms. The second kappa shape index (κ2) is 8.37. The Morgan fingerprint density at radius 1 is 1.37 bits per heavy atom. The fraction of sp³-hybridized carbons (Fsp3) is 0.500. The number of carbonyl (C=O) groups is 1. The summed E-state index contributed by atoms with van der Waals surface area (Å²) < 4.78 is 5.57. The molecule has 0 fully saturated rings. The van der Waals surface area contributed by atoms with E-state index in [1.165, 1.54) is 0 Å². The molecule has 0 bridgehead atoms. The number of para-hydroxylation sites is 1. The fourth-order valence-electron chi connectivity index (χ4n) is 1.83. The molecule has 0 aliphatic rings. The zero-order valence-electron chi connectivity index (χ0n) is 11.5. The molecule has 0 saturated heterocycles. The molecule has 1 unspecified atom stereocenters. The van der Waals surface area contributed by atoms with Crippen LogP contribution in [-0.4, -0.2) is 30.9 Å². The molecular formula is C14H22N2O3. The number of ether oxygens (including phenoxy) is 1. The number of benzene rings is 1. The third-order valence-corrected chi connectivity index (χ3v) is 2.71. The summed E-state index contributed by atoms with van der Waals surface area (Å²) in [6.45, 7) is 4.69. The van der Waals surface area contributed by atoms with Gasteiger partial charge in [0.2, 0.25) is 0 Å². The molecule has 0 saturated carbocycles. The largest absolute Gasteiger partial charge is 0.494 e. The van der Waals surface area contributed by atoms with Crippen molar-refractivity contribution >= 4 is 6.03 Å². The van der Waals surface area contributed by atoms with Crippen LogP contribution >= 0.6 is 0 Å². The molecule has 5 nitrogen and oxygen atoms in total. The Morgan fingerprint density at radius 2 is 2.11 bits per heavy atom. The molecule has 1 aromatic rings.